The molecule has 0 saturated heterocycles. The molecule has 1 heterocycles. The van der Waals surface area contributed by atoms with Crippen molar-refractivity contribution >= 4 is 22.5 Å². The molecule has 2 aromatic carbocycles. The molecule has 0 aliphatic heterocycles. The Morgan fingerprint density at radius 3 is 2.63 bits per heavy atom. The molecule has 2 saturated carbocycles. The quantitative estimate of drug-likeness (QED) is 0.560. The molecule has 138 valence electrons. The van der Waals surface area contributed by atoms with E-state index in [4.69, 9.17) is 11.6 Å². The summed E-state index contributed by atoms with van der Waals surface area (Å²) in [7, 11) is 0. The molecule has 0 N–H and O–H groups in total. The third-order valence-electron chi connectivity index (χ3n) is 5.94. The normalized spacial score (nSPS) is 18.0. The van der Waals surface area contributed by atoms with Gasteiger partial charge in [-0.25, -0.2) is 4.79 Å². The topological polar surface area (TPSA) is 34.9 Å². The summed E-state index contributed by atoms with van der Waals surface area (Å²) in [5, 5.41) is 1.64. The predicted molar refractivity (Wildman–Crippen MR) is 110 cm³/mol. The van der Waals surface area contributed by atoms with Gasteiger partial charge in [-0.15, -0.1) is 0 Å². The van der Waals surface area contributed by atoms with Gasteiger partial charge in [-0.05, 0) is 60.8 Å². The van der Waals surface area contributed by atoms with E-state index < -0.39 is 0 Å². The van der Waals surface area contributed by atoms with Crippen molar-refractivity contribution < 1.29 is 0 Å². The smallest absolute Gasteiger partial charge is 0.259 e. The standard InChI is InChI=1S/C23H23ClN2O/c1-14(12-15-6-7-15)22-18-11-10-17(16-8-9-16)13-21(18)26(23(27)25-22)20-5-3-2-4-19(20)24/h2-5,10-11,13-16H,6-9,12H2,1H3. The van der Waals surface area contributed by atoms with Crippen LogP contribution in [0.2, 0.25) is 5.02 Å². The third kappa shape index (κ3) is 3.19. The van der Waals surface area contributed by atoms with Crippen molar-refractivity contribution in [2.24, 2.45) is 5.92 Å². The Bertz CT molecular complexity index is 1080. The van der Waals surface area contributed by atoms with E-state index >= 15 is 0 Å². The molecule has 2 aliphatic rings. The average Bonchev–Trinajstić information content (AvgIpc) is 3.55. The number of aromatic nitrogens is 2. The number of hydrogen-bond donors (Lipinski definition) is 0. The molecule has 3 nitrogen and oxygen atoms in total. The van der Waals surface area contributed by atoms with Crippen LogP contribution in [0, 0.1) is 5.92 Å². The van der Waals surface area contributed by atoms with Gasteiger partial charge >= 0.3 is 5.69 Å². The zero-order chi connectivity index (χ0) is 18.5. The number of rotatable bonds is 5. The highest BCUT2D eigenvalue weighted by atomic mass is 35.5. The first-order valence-electron chi connectivity index (χ1n) is 9.93. The zero-order valence-corrected chi connectivity index (χ0v) is 16.2. The first-order valence-corrected chi connectivity index (χ1v) is 10.3. The van der Waals surface area contributed by atoms with Crippen molar-refractivity contribution in [2.75, 3.05) is 0 Å². The van der Waals surface area contributed by atoms with Gasteiger partial charge in [0.25, 0.3) is 0 Å². The van der Waals surface area contributed by atoms with Crippen LogP contribution in [-0.2, 0) is 0 Å². The van der Waals surface area contributed by atoms with Crippen LogP contribution in [0.25, 0.3) is 16.6 Å². The average molecular weight is 379 g/mol. The second kappa shape index (κ2) is 6.49. The molecule has 1 unspecified atom stereocenters. The van der Waals surface area contributed by atoms with Gasteiger partial charge in [-0.2, -0.15) is 4.98 Å². The fraction of sp³-hybridized carbons (Fsp3) is 0.391. The van der Waals surface area contributed by atoms with E-state index in [9.17, 15) is 4.79 Å². The molecule has 4 heteroatoms. The molecule has 0 bridgehead atoms. The summed E-state index contributed by atoms with van der Waals surface area (Å²) in [5.41, 5.74) is 3.66. The minimum atomic E-state index is -0.235. The number of hydrogen-bond acceptors (Lipinski definition) is 2. The molecule has 27 heavy (non-hydrogen) atoms. The van der Waals surface area contributed by atoms with Gasteiger partial charge in [0.15, 0.2) is 0 Å². The molecular weight excluding hydrogens is 356 g/mol. The van der Waals surface area contributed by atoms with E-state index in [0.717, 1.165) is 28.9 Å². The van der Waals surface area contributed by atoms with Crippen LogP contribution in [0.3, 0.4) is 0 Å². The minimum Gasteiger partial charge on any atom is -0.259 e. The van der Waals surface area contributed by atoms with Crippen molar-refractivity contribution in [3.05, 3.63) is 69.2 Å². The van der Waals surface area contributed by atoms with Crippen molar-refractivity contribution in [1.82, 2.24) is 9.55 Å². The van der Waals surface area contributed by atoms with Crippen LogP contribution in [-0.4, -0.2) is 9.55 Å². The van der Waals surface area contributed by atoms with E-state index in [0.29, 0.717) is 22.5 Å². The maximum atomic E-state index is 13.1. The van der Waals surface area contributed by atoms with Gasteiger partial charge in [-0.3, -0.25) is 4.57 Å². The van der Waals surface area contributed by atoms with Crippen LogP contribution < -0.4 is 5.69 Å². The lowest BCUT2D eigenvalue weighted by atomic mass is 9.96. The summed E-state index contributed by atoms with van der Waals surface area (Å²) >= 11 is 6.44. The summed E-state index contributed by atoms with van der Waals surface area (Å²) in [6.07, 6.45) is 6.20. The Morgan fingerprint density at radius 2 is 1.93 bits per heavy atom. The molecule has 1 aromatic heterocycles. The molecule has 0 spiro atoms. The molecule has 2 fully saturated rings. The van der Waals surface area contributed by atoms with E-state index in [2.05, 4.69) is 30.1 Å². The van der Waals surface area contributed by atoms with Crippen LogP contribution in [0.15, 0.2) is 47.3 Å². The fourth-order valence-corrected chi connectivity index (χ4v) is 4.36. The Hall–Kier alpha value is -2.13. The highest BCUT2D eigenvalue weighted by Gasteiger charge is 2.28. The van der Waals surface area contributed by atoms with Gasteiger partial charge in [0, 0.05) is 5.39 Å². The van der Waals surface area contributed by atoms with Gasteiger partial charge in [0.2, 0.25) is 0 Å². The Morgan fingerprint density at radius 1 is 1.15 bits per heavy atom. The van der Waals surface area contributed by atoms with Crippen LogP contribution in [0.5, 0.6) is 0 Å². The van der Waals surface area contributed by atoms with E-state index in [1.165, 1.54) is 31.2 Å². The lowest BCUT2D eigenvalue weighted by Gasteiger charge is -2.18. The van der Waals surface area contributed by atoms with Gasteiger partial charge in [0.05, 0.1) is 21.9 Å². The minimum absolute atomic E-state index is 0.235. The summed E-state index contributed by atoms with van der Waals surface area (Å²) in [4.78, 5) is 17.6. The van der Waals surface area contributed by atoms with Crippen molar-refractivity contribution in [3.8, 4) is 5.69 Å². The Balaban J connectivity index is 1.76. The monoisotopic (exact) mass is 378 g/mol. The van der Waals surface area contributed by atoms with Crippen LogP contribution >= 0.6 is 11.6 Å². The lowest BCUT2D eigenvalue weighted by Crippen LogP contribution is -2.24. The predicted octanol–water partition coefficient (Wildman–Crippen LogP) is 5.82. The SMILES string of the molecule is CC(CC1CC1)c1nc(=O)n(-c2ccccc2Cl)c2cc(C3CC3)ccc12. The fourth-order valence-electron chi connectivity index (χ4n) is 4.14. The lowest BCUT2D eigenvalue weighted by molar-refractivity contribution is 0.605. The van der Waals surface area contributed by atoms with Gasteiger partial charge < -0.3 is 0 Å². The summed E-state index contributed by atoms with van der Waals surface area (Å²) < 4.78 is 1.69. The van der Waals surface area contributed by atoms with Gasteiger partial charge in [0.1, 0.15) is 0 Å². The number of fused-ring (bicyclic) bond motifs is 1. The summed E-state index contributed by atoms with van der Waals surface area (Å²) in [5.74, 6) is 1.72. The Kier molecular flexibility index (Phi) is 4.08. The molecule has 0 amide bonds. The number of nitrogens with zero attached hydrogens (tertiary/aromatic N) is 2. The Labute approximate surface area is 164 Å². The number of halogens is 1. The highest BCUT2D eigenvalue weighted by Crippen LogP contribution is 2.42. The molecule has 0 radical (unpaired) electrons. The summed E-state index contributed by atoms with van der Waals surface area (Å²) in [6, 6.07) is 14.1. The van der Waals surface area contributed by atoms with Crippen molar-refractivity contribution in [3.63, 3.8) is 0 Å². The number of para-hydroxylation sites is 1. The van der Waals surface area contributed by atoms with E-state index in [-0.39, 0.29) is 5.69 Å². The highest BCUT2D eigenvalue weighted by molar-refractivity contribution is 6.32. The summed E-state index contributed by atoms with van der Waals surface area (Å²) in [6.45, 7) is 2.20. The number of benzene rings is 2. The van der Waals surface area contributed by atoms with Crippen LogP contribution in [0.4, 0.5) is 0 Å². The van der Waals surface area contributed by atoms with Crippen LogP contribution in [0.1, 0.15) is 62.1 Å². The molecule has 5 rings (SSSR count). The van der Waals surface area contributed by atoms with Gasteiger partial charge in [-0.1, -0.05) is 55.6 Å². The van der Waals surface area contributed by atoms with E-state index in [1.54, 1.807) is 4.57 Å². The first kappa shape index (κ1) is 17.0. The zero-order valence-electron chi connectivity index (χ0n) is 15.5. The maximum absolute atomic E-state index is 13.1. The molecule has 2 aliphatic carbocycles. The second-order valence-corrected chi connectivity index (χ2v) is 8.60. The third-order valence-corrected chi connectivity index (χ3v) is 6.26. The van der Waals surface area contributed by atoms with Crippen molar-refractivity contribution in [1.29, 1.82) is 0 Å². The largest absolute Gasteiger partial charge is 0.352 e. The first-order chi connectivity index (χ1) is 13.1. The molecular formula is C23H23ClN2O. The van der Waals surface area contributed by atoms with Crippen molar-refractivity contribution in [2.45, 2.75) is 50.9 Å². The molecule has 3 aromatic rings. The molecule has 1 atom stereocenters. The van der Waals surface area contributed by atoms with E-state index in [1.807, 2.05) is 24.3 Å². The maximum Gasteiger partial charge on any atom is 0.352 e. The second-order valence-electron chi connectivity index (χ2n) is 8.20.